The van der Waals surface area contributed by atoms with Crippen LogP contribution in [0.15, 0.2) is 72.8 Å². The Morgan fingerprint density at radius 1 is 0.946 bits per heavy atom. The van der Waals surface area contributed by atoms with Gasteiger partial charge in [0.2, 0.25) is 0 Å². The molecule has 3 aromatic carbocycles. The van der Waals surface area contributed by atoms with Crippen LogP contribution < -0.4 is 10.1 Å². The number of ether oxygens (including phenoxy) is 1. The summed E-state index contributed by atoms with van der Waals surface area (Å²) in [6.45, 7) is 5.56. The minimum Gasteiger partial charge on any atom is -0.483 e. The van der Waals surface area contributed by atoms with E-state index in [4.69, 9.17) is 9.72 Å². The molecule has 1 N–H and O–H groups in total. The van der Waals surface area contributed by atoms with Gasteiger partial charge in [0.1, 0.15) is 11.6 Å². The number of rotatable bonds is 7. The van der Waals surface area contributed by atoms with Crippen LogP contribution in [-0.4, -0.2) is 64.0 Å². The molecule has 0 aliphatic carbocycles. The molecule has 1 aliphatic rings. The summed E-state index contributed by atoms with van der Waals surface area (Å²) < 4.78 is 7.74. The number of hydrogen-bond donors (Lipinski definition) is 1. The van der Waals surface area contributed by atoms with Crippen molar-refractivity contribution < 1.29 is 14.3 Å². The molecule has 2 heterocycles. The lowest BCUT2D eigenvalue weighted by Crippen LogP contribution is -2.48. The van der Waals surface area contributed by atoms with E-state index in [9.17, 15) is 9.59 Å². The molecule has 1 saturated heterocycles. The molecular weight excluding hydrogens is 466 g/mol. The number of nitrogens with zero attached hydrogens (tertiary/aromatic N) is 4. The van der Waals surface area contributed by atoms with Gasteiger partial charge < -0.3 is 19.5 Å². The first kappa shape index (κ1) is 24.5. The summed E-state index contributed by atoms with van der Waals surface area (Å²) in [5.74, 6) is 1.51. The Balaban J connectivity index is 1.18. The molecule has 8 nitrogen and oxygen atoms in total. The van der Waals surface area contributed by atoms with E-state index < -0.39 is 0 Å². The Hall–Kier alpha value is -4.17. The van der Waals surface area contributed by atoms with Crippen LogP contribution >= 0.6 is 0 Å². The molecule has 0 saturated carbocycles. The highest BCUT2D eigenvalue weighted by Gasteiger charge is 2.23. The quantitative estimate of drug-likeness (QED) is 0.420. The van der Waals surface area contributed by atoms with Gasteiger partial charge in [0.05, 0.1) is 17.6 Å². The molecule has 4 aromatic rings. The van der Waals surface area contributed by atoms with Crippen LogP contribution in [-0.2, 0) is 18.4 Å². The molecule has 1 aromatic heterocycles. The third kappa shape index (κ3) is 5.65. The zero-order valence-corrected chi connectivity index (χ0v) is 21.2. The Bertz CT molecular complexity index is 1410. The molecule has 0 bridgehead atoms. The molecule has 0 atom stereocenters. The molecule has 1 fully saturated rings. The third-order valence-corrected chi connectivity index (χ3v) is 6.75. The van der Waals surface area contributed by atoms with Crippen molar-refractivity contribution >= 4 is 28.5 Å². The molecular formula is C29H31N5O3. The first-order valence-electron chi connectivity index (χ1n) is 12.5. The molecule has 8 heteroatoms. The number of carbonyl (C=O) groups is 2. The molecule has 190 valence electrons. The third-order valence-electron chi connectivity index (χ3n) is 6.75. The average molecular weight is 498 g/mol. The number of para-hydroxylation sites is 1. The van der Waals surface area contributed by atoms with Crippen molar-refractivity contribution in [2.45, 2.75) is 13.5 Å². The first-order chi connectivity index (χ1) is 18.0. The van der Waals surface area contributed by atoms with Gasteiger partial charge in [0.15, 0.2) is 6.61 Å². The largest absolute Gasteiger partial charge is 0.483 e. The minimum absolute atomic E-state index is 0.0604. The number of aryl methyl sites for hydroxylation is 2. The summed E-state index contributed by atoms with van der Waals surface area (Å²) in [4.78, 5) is 34.2. The van der Waals surface area contributed by atoms with Gasteiger partial charge in [-0.2, -0.15) is 0 Å². The van der Waals surface area contributed by atoms with Crippen LogP contribution in [0.4, 0.5) is 5.69 Å². The maximum atomic E-state index is 12.7. The average Bonchev–Trinajstić information content (AvgIpc) is 3.22. The van der Waals surface area contributed by atoms with Crippen molar-refractivity contribution in [1.82, 2.24) is 19.4 Å². The Morgan fingerprint density at radius 3 is 2.43 bits per heavy atom. The summed E-state index contributed by atoms with van der Waals surface area (Å²) in [5.41, 5.74) is 4.23. The van der Waals surface area contributed by atoms with E-state index in [0.717, 1.165) is 41.1 Å². The van der Waals surface area contributed by atoms with Crippen molar-refractivity contribution in [2.24, 2.45) is 7.05 Å². The van der Waals surface area contributed by atoms with Crippen LogP contribution in [0.25, 0.3) is 11.0 Å². The highest BCUT2D eigenvalue weighted by Crippen LogP contribution is 2.22. The maximum Gasteiger partial charge on any atom is 0.262 e. The van der Waals surface area contributed by atoms with Gasteiger partial charge in [-0.25, -0.2) is 4.98 Å². The van der Waals surface area contributed by atoms with Gasteiger partial charge >= 0.3 is 0 Å². The number of fused-ring (bicyclic) bond motifs is 1. The van der Waals surface area contributed by atoms with Crippen LogP contribution in [0.2, 0.25) is 0 Å². The normalized spacial score (nSPS) is 14.1. The lowest BCUT2D eigenvalue weighted by atomic mass is 10.2. The summed E-state index contributed by atoms with van der Waals surface area (Å²) in [6.07, 6.45) is 0. The Kier molecular flexibility index (Phi) is 7.18. The number of carbonyl (C=O) groups excluding carboxylic acids is 2. The summed E-state index contributed by atoms with van der Waals surface area (Å²) in [7, 11) is 2.01. The van der Waals surface area contributed by atoms with Gasteiger partial charge in [0.25, 0.3) is 11.8 Å². The summed E-state index contributed by atoms with van der Waals surface area (Å²) in [6, 6.07) is 22.8. The Morgan fingerprint density at radius 2 is 1.68 bits per heavy atom. The Labute approximate surface area is 216 Å². The van der Waals surface area contributed by atoms with Gasteiger partial charge in [-0.15, -0.1) is 0 Å². The van der Waals surface area contributed by atoms with E-state index in [-0.39, 0.29) is 18.4 Å². The standard InChI is InChI=1S/C29H31N5O3/c1-21-8-6-7-11-26(21)37-20-28(35)30-23-12-13-25-24(18-23)31-27(32(25)2)19-33-14-16-34(17-15-33)29(36)22-9-4-3-5-10-22/h3-13,18H,14-17,19-20H2,1-2H3,(H,30,35). The zero-order valence-electron chi connectivity index (χ0n) is 21.2. The zero-order chi connectivity index (χ0) is 25.8. The number of amides is 2. The lowest BCUT2D eigenvalue weighted by Gasteiger charge is -2.34. The predicted molar refractivity (Wildman–Crippen MR) is 144 cm³/mol. The number of aromatic nitrogens is 2. The number of imidazole rings is 1. The summed E-state index contributed by atoms with van der Waals surface area (Å²) >= 11 is 0. The highest BCUT2D eigenvalue weighted by atomic mass is 16.5. The second kappa shape index (κ2) is 10.8. The minimum atomic E-state index is -0.221. The van der Waals surface area contributed by atoms with Crippen molar-refractivity contribution in [3.8, 4) is 5.75 Å². The van der Waals surface area contributed by atoms with Gasteiger partial charge in [0, 0.05) is 44.5 Å². The molecule has 1 aliphatic heterocycles. The summed E-state index contributed by atoms with van der Waals surface area (Å²) in [5, 5.41) is 2.90. The number of benzene rings is 3. The fourth-order valence-electron chi connectivity index (χ4n) is 4.60. The van der Waals surface area contributed by atoms with E-state index in [1.165, 1.54) is 0 Å². The van der Waals surface area contributed by atoms with Gasteiger partial charge in [-0.1, -0.05) is 36.4 Å². The fraction of sp³-hybridized carbons (Fsp3) is 0.276. The number of nitrogens with one attached hydrogen (secondary N) is 1. The molecule has 0 radical (unpaired) electrons. The van der Waals surface area contributed by atoms with Gasteiger partial charge in [-0.05, 0) is 48.9 Å². The van der Waals surface area contributed by atoms with Crippen LogP contribution in [0, 0.1) is 6.92 Å². The first-order valence-corrected chi connectivity index (χ1v) is 12.5. The number of hydrogen-bond acceptors (Lipinski definition) is 5. The highest BCUT2D eigenvalue weighted by molar-refractivity contribution is 5.94. The predicted octanol–water partition coefficient (Wildman–Crippen LogP) is 3.86. The van der Waals surface area contributed by atoms with Crippen molar-refractivity contribution in [2.75, 3.05) is 38.1 Å². The maximum absolute atomic E-state index is 12.7. The second-order valence-electron chi connectivity index (χ2n) is 9.33. The van der Waals surface area contributed by atoms with E-state index in [0.29, 0.717) is 31.1 Å². The van der Waals surface area contributed by atoms with Crippen molar-refractivity contribution in [1.29, 1.82) is 0 Å². The number of piperazine rings is 1. The number of anilines is 1. The van der Waals surface area contributed by atoms with Crippen molar-refractivity contribution in [3.05, 3.63) is 89.7 Å². The molecule has 0 unspecified atom stereocenters. The molecule has 2 amide bonds. The van der Waals surface area contributed by atoms with Crippen LogP contribution in [0.5, 0.6) is 5.75 Å². The molecule has 0 spiro atoms. The monoisotopic (exact) mass is 497 g/mol. The van der Waals surface area contributed by atoms with Crippen LogP contribution in [0.1, 0.15) is 21.7 Å². The fourth-order valence-corrected chi connectivity index (χ4v) is 4.60. The molecule has 37 heavy (non-hydrogen) atoms. The second-order valence-corrected chi connectivity index (χ2v) is 9.33. The lowest BCUT2D eigenvalue weighted by molar-refractivity contribution is -0.118. The van der Waals surface area contributed by atoms with E-state index >= 15 is 0 Å². The van der Waals surface area contributed by atoms with Crippen molar-refractivity contribution in [3.63, 3.8) is 0 Å². The topological polar surface area (TPSA) is 79.7 Å². The van der Waals surface area contributed by atoms with E-state index in [2.05, 4.69) is 14.8 Å². The van der Waals surface area contributed by atoms with E-state index in [1.54, 1.807) is 0 Å². The van der Waals surface area contributed by atoms with Gasteiger partial charge in [-0.3, -0.25) is 14.5 Å². The van der Waals surface area contributed by atoms with E-state index in [1.807, 2.05) is 91.7 Å². The smallest absolute Gasteiger partial charge is 0.262 e. The van der Waals surface area contributed by atoms with Crippen LogP contribution in [0.3, 0.4) is 0 Å². The SMILES string of the molecule is Cc1ccccc1OCC(=O)Nc1ccc2c(c1)nc(CN1CCN(C(=O)c3ccccc3)CC1)n2C. The molecule has 5 rings (SSSR count).